The molecule has 1 atom stereocenters. The van der Waals surface area contributed by atoms with Gasteiger partial charge in [-0.1, -0.05) is 18.9 Å². The summed E-state index contributed by atoms with van der Waals surface area (Å²) in [4.78, 5) is 0. The van der Waals surface area contributed by atoms with Crippen LogP contribution in [0.5, 0.6) is 0 Å². The largest absolute Gasteiger partial charge is 0.419 e. The van der Waals surface area contributed by atoms with Crippen molar-refractivity contribution in [1.29, 1.82) is 0 Å². The minimum Gasteiger partial charge on any atom is -0.388 e. The molecule has 1 aromatic carbocycles. The molecule has 1 nitrogen and oxygen atoms in total. The second-order valence-corrected chi connectivity index (χ2v) is 4.43. The van der Waals surface area contributed by atoms with Crippen LogP contribution in [0.2, 0.25) is 0 Å². The van der Waals surface area contributed by atoms with E-state index in [0.29, 0.717) is 18.4 Å². The Bertz CT molecular complexity index is 409. The lowest BCUT2D eigenvalue weighted by Crippen LogP contribution is -2.10. The molecular formula is C12H12F4O. The average molecular weight is 248 g/mol. The smallest absolute Gasteiger partial charge is 0.388 e. The minimum atomic E-state index is -4.72. The molecule has 0 aliphatic heterocycles. The van der Waals surface area contributed by atoms with Crippen LogP contribution >= 0.6 is 0 Å². The Morgan fingerprint density at radius 2 is 1.94 bits per heavy atom. The minimum absolute atomic E-state index is 0.130. The lowest BCUT2D eigenvalue weighted by Gasteiger charge is -2.14. The molecule has 0 saturated heterocycles. The van der Waals surface area contributed by atoms with Gasteiger partial charge in [-0.3, -0.25) is 0 Å². The second kappa shape index (κ2) is 4.29. The van der Waals surface area contributed by atoms with E-state index in [2.05, 4.69) is 0 Å². The third-order valence-electron chi connectivity index (χ3n) is 2.93. The Balaban J connectivity index is 2.23. The SMILES string of the molecule is OC(CC1CC1)c1ccc(F)c(C(F)(F)F)c1. The van der Waals surface area contributed by atoms with Gasteiger partial charge in [0.1, 0.15) is 5.82 Å². The summed E-state index contributed by atoms with van der Waals surface area (Å²) in [6.45, 7) is 0. The molecule has 0 bridgehead atoms. The summed E-state index contributed by atoms with van der Waals surface area (Å²) in [6, 6.07) is 2.66. The Kier molecular flexibility index (Phi) is 3.12. The number of rotatable bonds is 3. The Morgan fingerprint density at radius 1 is 1.29 bits per heavy atom. The van der Waals surface area contributed by atoms with Gasteiger partial charge in [0.05, 0.1) is 11.7 Å². The van der Waals surface area contributed by atoms with Crippen molar-refractivity contribution in [2.24, 2.45) is 5.92 Å². The molecule has 1 saturated carbocycles. The van der Waals surface area contributed by atoms with Crippen LogP contribution < -0.4 is 0 Å². The summed E-state index contributed by atoms with van der Waals surface area (Å²) in [5.74, 6) is -0.913. The quantitative estimate of drug-likeness (QED) is 0.809. The molecular weight excluding hydrogens is 236 g/mol. The van der Waals surface area contributed by atoms with E-state index in [1.165, 1.54) is 6.07 Å². The molecule has 1 aliphatic carbocycles. The van der Waals surface area contributed by atoms with Gasteiger partial charge in [-0.05, 0) is 30.0 Å². The summed E-state index contributed by atoms with van der Waals surface area (Å²) in [5, 5.41) is 9.72. The van der Waals surface area contributed by atoms with Gasteiger partial charge in [0.2, 0.25) is 0 Å². The fourth-order valence-corrected chi connectivity index (χ4v) is 1.77. The zero-order valence-electron chi connectivity index (χ0n) is 8.97. The first-order valence-electron chi connectivity index (χ1n) is 5.42. The zero-order chi connectivity index (χ0) is 12.6. The van der Waals surface area contributed by atoms with Crippen molar-refractivity contribution in [3.8, 4) is 0 Å². The van der Waals surface area contributed by atoms with Gasteiger partial charge < -0.3 is 5.11 Å². The van der Waals surface area contributed by atoms with Crippen molar-refractivity contribution in [3.05, 3.63) is 35.1 Å². The molecule has 1 aliphatic rings. The van der Waals surface area contributed by atoms with E-state index < -0.39 is 23.7 Å². The van der Waals surface area contributed by atoms with Crippen molar-refractivity contribution < 1.29 is 22.7 Å². The van der Waals surface area contributed by atoms with Gasteiger partial charge in [0.25, 0.3) is 0 Å². The molecule has 2 rings (SSSR count). The van der Waals surface area contributed by atoms with E-state index in [1.807, 2.05) is 0 Å². The third-order valence-corrected chi connectivity index (χ3v) is 2.93. The predicted molar refractivity (Wildman–Crippen MR) is 53.7 cm³/mol. The first kappa shape index (κ1) is 12.4. The van der Waals surface area contributed by atoms with Crippen LogP contribution in [-0.4, -0.2) is 5.11 Å². The van der Waals surface area contributed by atoms with Crippen LogP contribution in [0.3, 0.4) is 0 Å². The standard InChI is InChI=1S/C12H12F4O/c13-10-4-3-8(6-9(10)12(14,15)16)11(17)5-7-1-2-7/h3-4,6-7,11,17H,1-2,5H2. The molecule has 17 heavy (non-hydrogen) atoms. The first-order valence-corrected chi connectivity index (χ1v) is 5.42. The van der Waals surface area contributed by atoms with Gasteiger partial charge in [0.15, 0.2) is 0 Å². The highest BCUT2D eigenvalue weighted by molar-refractivity contribution is 5.28. The summed E-state index contributed by atoms with van der Waals surface area (Å²) in [5.41, 5.74) is -1.18. The first-order chi connectivity index (χ1) is 7.88. The highest BCUT2D eigenvalue weighted by Crippen LogP contribution is 2.39. The third kappa shape index (κ3) is 2.97. The van der Waals surface area contributed by atoms with E-state index in [0.717, 1.165) is 18.9 Å². The van der Waals surface area contributed by atoms with Crippen molar-refractivity contribution in [2.45, 2.75) is 31.5 Å². The highest BCUT2D eigenvalue weighted by atomic mass is 19.4. The average Bonchev–Trinajstić information content (AvgIpc) is 3.00. The Labute approximate surface area is 96.1 Å². The number of hydrogen-bond acceptors (Lipinski definition) is 1. The number of halogens is 4. The molecule has 0 spiro atoms. The van der Waals surface area contributed by atoms with Crippen LogP contribution in [0.1, 0.15) is 36.5 Å². The van der Waals surface area contributed by atoms with Crippen LogP contribution in [0.15, 0.2) is 18.2 Å². The van der Waals surface area contributed by atoms with Crippen molar-refractivity contribution in [3.63, 3.8) is 0 Å². The fraction of sp³-hybridized carbons (Fsp3) is 0.500. The summed E-state index contributed by atoms with van der Waals surface area (Å²) in [7, 11) is 0. The van der Waals surface area contributed by atoms with Crippen LogP contribution in [0, 0.1) is 11.7 Å². The van der Waals surface area contributed by atoms with Gasteiger partial charge in [0, 0.05) is 0 Å². The molecule has 1 fully saturated rings. The Hall–Kier alpha value is -1.10. The maximum atomic E-state index is 13.0. The molecule has 0 heterocycles. The molecule has 0 amide bonds. The summed E-state index contributed by atoms with van der Waals surface area (Å²) < 4.78 is 50.3. The van der Waals surface area contributed by atoms with E-state index >= 15 is 0 Å². The molecule has 0 aromatic heterocycles. The maximum absolute atomic E-state index is 13.0. The number of hydrogen-bond donors (Lipinski definition) is 1. The summed E-state index contributed by atoms with van der Waals surface area (Å²) >= 11 is 0. The van der Waals surface area contributed by atoms with Crippen molar-refractivity contribution in [1.82, 2.24) is 0 Å². The topological polar surface area (TPSA) is 20.2 Å². The monoisotopic (exact) mass is 248 g/mol. The van der Waals surface area contributed by atoms with Crippen LogP contribution in [0.25, 0.3) is 0 Å². The molecule has 1 aromatic rings. The maximum Gasteiger partial charge on any atom is 0.419 e. The molecule has 0 radical (unpaired) electrons. The summed E-state index contributed by atoms with van der Waals surface area (Å²) in [6.07, 6.45) is -3.21. The molecule has 5 heteroatoms. The van der Waals surface area contributed by atoms with Crippen LogP contribution in [-0.2, 0) is 6.18 Å². The number of benzene rings is 1. The van der Waals surface area contributed by atoms with E-state index in [4.69, 9.17) is 0 Å². The van der Waals surface area contributed by atoms with Gasteiger partial charge >= 0.3 is 6.18 Å². The number of aliphatic hydroxyl groups is 1. The van der Waals surface area contributed by atoms with Gasteiger partial charge in [-0.25, -0.2) is 4.39 Å². The van der Waals surface area contributed by atoms with E-state index in [1.54, 1.807) is 0 Å². The van der Waals surface area contributed by atoms with E-state index in [9.17, 15) is 22.7 Å². The molecule has 1 unspecified atom stereocenters. The van der Waals surface area contributed by atoms with Crippen molar-refractivity contribution >= 4 is 0 Å². The molecule has 94 valence electrons. The molecule has 1 N–H and O–H groups in total. The number of alkyl halides is 3. The van der Waals surface area contributed by atoms with Crippen molar-refractivity contribution in [2.75, 3.05) is 0 Å². The van der Waals surface area contributed by atoms with Crippen LogP contribution in [0.4, 0.5) is 17.6 Å². The zero-order valence-corrected chi connectivity index (χ0v) is 8.97. The normalized spacial score (nSPS) is 18.2. The highest BCUT2D eigenvalue weighted by Gasteiger charge is 2.35. The predicted octanol–water partition coefficient (Wildman–Crippen LogP) is 3.68. The fourth-order valence-electron chi connectivity index (χ4n) is 1.77. The van der Waals surface area contributed by atoms with Gasteiger partial charge in [-0.15, -0.1) is 0 Å². The lowest BCUT2D eigenvalue weighted by molar-refractivity contribution is -0.140. The second-order valence-electron chi connectivity index (χ2n) is 4.43. The number of aliphatic hydroxyl groups excluding tert-OH is 1. The Morgan fingerprint density at radius 3 is 2.47 bits per heavy atom. The van der Waals surface area contributed by atoms with Gasteiger partial charge in [-0.2, -0.15) is 13.2 Å². The van der Waals surface area contributed by atoms with E-state index in [-0.39, 0.29) is 5.56 Å². The lowest BCUT2D eigenvalue weighted by atomic mass is 10.0.